The number of fused-ring (bicyclic) bond motifs is 1. The summed E-state index contributed by atoms with van der Waals surface area (Å²) in [5, 5.41) is 16.4. The molecule has 5 rings (SSSR count). The van der Waals surface area contributed by atoms with Gasteiger partial charge in [0.1, 0.15) is 15.4 Å². The van der Waals surface area contributed by atoms with E-state index in [9.17, 15) is 13.2 Å². The first kappa shape index (κ1) is 22.1. The van der Waals surface area contributed by atoms with Crippen LogP contribution in [0.15, 0.2) is 17.5 Å². The van der Waals surface area contributed by atoms with Crippen LogP contribution >= 0.6 is 0 Å². The number of carbonyl (C=O) groups excluding carboxylic acids is 1. The minimum absolute atomic E-state index is 0.0528. The first-order chi connectivity index (χ1) is 15.8. The lowest BCUT2D eigenvalue weighted by Crippen LogP contribution is -2.55. The van der Waals surface area contributed by atoms with E-state index in [1.165, 1.54) is 0 Å². The van der Waals surface area contributed by atoms with Crippen molar-refractivity contribution in [3.05, 3.63) is 18.0 Å². The lowest BCUT2D eigenvalue weighted by Gasteiger charge is -2.42. The summed E-state index contributed by atoms with van der Waals surface area (Å²) < 4.78 is 25.6. The van der Waals surface area contributed by atoms with Gasteiger partial charge in [0.05, 0.1) is 34.5 Å². The summed E-state index contributed by atoms with van der Waals surface area (Å²) in [6, 6.07) is 0.175. The van der Waals surface area contributed by atoms with Crippen LogP contribution in [0.5, 0.6) is 0 Å². The highest BCUT2D eigenvalue weighted by atomic mass is 32.2. The van der Waals surface area contributed by atoms with E-state index in [1.807, 2.05) is 30.9 Å². The Morgan fingerprint density at radius 1 is 1.21 bits per heavy atom. The van der Waals surface area contributed by atoms with E-state index >= 15 is 0 Å². The van der Waals surface area contributed by atoms with Crippen molar-refractivity contribution in [2.24, 2.45) is 5.16 Å². The van der Waals surface area contributed by atoms with E-state index in [1.54, 1.807) is 0 Å². The second-order valence-corrected chi connectivity index (χ2v) is 11.6. The Hall–Kier alpha value is -2.69. The molecule has 1 amide bonds. The van der Waals surface area contributed by atoms with Crippen molar-refractivity contribution in [1.29, 1.82) is 0 Å². The van der Waals surface area contributed by atoms with Gasteiger partial charge in [-0.1, -0.05) is 12.1 Å². The lowest BCUT2D eigenvalue weighted by molar-refractivity contribution is -0.128. The highest BCUT2D eigenvalue weighted by molar-refractivity contribution is 7.91. The normalized spacial score (nSPS) is 23.7. The maximum absolute atomic E-state index is 11.9. The van der Waals surface area contributed by atoms with Gasteiger partial charge in [0.25, 0.3) is 0 Å². The summed E-state index contributed by atoms with van der Waals surface area (Å²) in [6.45, 7) is 4.57. The number of aryl methyl sites for hydroxylation is 1. The molecule has 1 saturated carbocycles. The molecule has 2 fully saturated rings. The largest absolute Gasteiger partial charge is 0.388 e. The van der Waals surface area contributed by atoms with Crippen molar-refractivity contribution in [2.75, 3.05) is 16.8 Å². The number of nitrogens with zero attached hydrogens (tertiary/aromatic N) is 4. The molecule has 0 atom stereocenters. The Bertz CT molecular complexity index is 1200. The molecule has 1 aliphatic carbocycles. The zero-order chi connectivity index (χ0) is 23.2. The second kappa shape index (κ2) is 8.27. The molecule has 10 nitrogen and oxygen atoms in total. The van der Waals surface area contributed by atoms with Gasteiger partial charge in [0.2, 0.25) is 5.91 Å². The molecule has 2 aromatic heterocycles. The molecule has 2 aromatic rings. The molecule has 0 aromatic carbocycles. The minimum atomic E-state index is -2.95. The third-order valence-corrected chi connectivity index (χ3v) is 8.66. The predicted molar refractivity (Wildman–Crippen MR) is 125 cm³/mol. The van der Waals surface area contributed by atoms with Gasteiger partial charge in [-0.15, -0.1) is 0 Å². The maximum Gasteiger partial charge on any atom is 0.219 e. The van der Waals surface area contributed by atoms with Crippen LogP contribution in [0.1, 0.15) is 57.9 Å². The fourth-order valence-electron chi connectivity index (χ4n) is 5.03. The van der Waals surface area contributed by atoms with Crippen LogP contribution in [-0.2, 0) is 26.0 Å². The quantitative estimate of drug-likeness (QED) is 0.655. The highest BCUT2D eigenvalue weighted by Gasteiger charge is 2.51. The molecule has 33 heavy (non-hydrogen) atoms. The van der Waals surface area contributed by atoms with Crippen LogP contribution < -0.4 is 10.6 Å². The number of anilines is 1. The zero-order valence-electron chi connectivity index (χ0n) is 19.0. The van der Waals surface area contributed by atoms with Gasteiger partial charge < -0.3 is 15.5 Å². The number of oxime groups is 1. The average Bonchev–Trinajstić information content (AvgIpc) is 3.40. The molecule has 3 aliphatic rings. The second-order valence-electron chi connectivity index (χ2n) is 9.33. The number of rotatable bonds is 6. The molecule has 2 N–H and O–H groups in total. The molecule has 2 aliphatic heterocycles. The van der Waals surface area contributed by atoms with Crippen molar-refractivity contribution >= 4 is 38.2 Å². The Labute approximate surface area is 193 Å². The fourth-order valence-corrected chi connectivity index (χ4v) is 6.52. The third-order valence-electron chi connectivity index (χ3n) is 6.94. The number of pyridine rings is 1. The molecule has 0 radical (unpaired) electrons. The van der Waals surface area contributed by atoms with E-state index in [4.69, 9.17) is 4.84 Å². The van der Waals surface area contributed by atoms with Crippen molar-refractivity contribution in [1.82, 2.24) is 20.1 Å². The van der Waals surface area contributed by atoms with Crippen molar-refractivity contribution in [3.8, 4) is 0 Å². The molecule has 1 saturated heterocycles. The van der Waals surface area contributed by atoms with E-state index in [0.29, 0.717) is 32.2 Å². The first-order valence-corrected chi connectivity index (χ1v) is 13.5. The molecular formula is C22H30N6O4S. The van der Waals surface area contributed by atoms with Gasteiger partial charge in [-0.2, -0.15) is 5.10 Å². The SMILES string of the molecule is CCC(=O)NC1CC2(CC(c3cnc4c(cnn4CC)c3NC3CCS(=O)(=O)CC3)=NO2)C1. The Morgan fingerprint density at radius 2 is 1.97 bits per heavy atom. The Morgan fingerprint density at radius 3 is 2.67 bits per heavy atom. The minimum Gasteiger partial charge on any atom is -0.388 e. The molecule has 178 valence electrons. The van der Waals surface area contributed by atoms with Gasteiger partial charge in [-0.25, -0.2) is 18.1 Å². The summed E-state index contributed by atoms with van der Waals surface area (Å²) in [7, 11) is -2.95. The first-order valence-electron chi connectivity index (χ1n) is 11.7. The number of sulfone groups is 1. The lowest BCUT2D eigenvalue weighted by atomic mass is 9.72. The summed E-state index contributed by atoms with van der Waals surface area (Å²) >= 11 is 0. The number of carbonyl (C=O) groups is 1. The number of hydrogen-bond donors (Lipinski definition) is 2. The van der Waals surface area contributed by atoms with E-state index < -0.39 is 9.84 Å². The number of aromatic nitrogens is 3. The molecule has 4 heterocycles. The zero-order valence-corrected chi connectivity index (χ0v) is 19.8. The summed E-state index contributed by atoms with van der Waals surface area (Å²) in [5.74, 6) is 0.443. The maximum atomic E-state index is 11.9. The van der Waals surface area contributed by atoms with E-state index in [-0.39, 0.29) is 35.1 Å². The van der Waals surface area contributed by atoms with E-state index in [2.05, 4.69) is 25.9 Å². The van der Waals surface area contributed by atoms with Crippen LogP contribution in [0.25, 0.3) is 11.0 Å². The number of amides is 1. The van der Waals surface area contributed by atoms with Gasteiger partial charge in [-0.05, 0) is 19.8 Å². The molecule has 1 spiro atoms. The smallest absolute Gasteiger partial charge is 0.219 e. The van der Waals surface area contributed by atoms with Crippen LogP contribution in [-0.4, -0.2) is 64.0 Å². The van der Waals surface area contributed by atoms with Crippen LogP contribution in [0.2, 0.25) is 0 Å². The predicted octanol–water partition coefficient (Wildman–Crippen LogP) is 1.99. The molecule has 0 unspecified atom stereocenters. The van der Waals surface area contributed by atoms with Gasteiger partial charge in [0, 0.05) is 56.1 Å². The monoisotopic (exact) mass is 474 g/mol. The number of nitrogens with one attached hydrogen (secondary N) is 2. The Balaban J connectivity index is 1.39. The van der Waals surface area contributed by atoms with Crippen molar-refractivity contribution < 1.29 is 18.0 Å². The van der Waals surface area contributed by atoms with E-state index in [0.717, 1.165) is 40.8 Å². The third kappa shape index (κ3) is 4.18. The molecular weight excluding hydrogens is 444 g/mol. The fraction of sp³-hybridized carbons (Fsp3) is 0.636. The number of hydrogen-bond acceptors (Lipinski definition) is 8. The van der Waals surface area contributed by atoms with Crippen LogP contribution in [0.3, 0.4) is 0 Å². The van der Waals surface area contributed by atoms with Crippen LogP contribution in [0.4, 0.5) is 5.69 Å². The highest BCUT2D eigenvalue weighted by Crippen LogP contribution is 2.44. The molecule has 0 bridgehead atoms. The van der Waals surface area contributed by atoms with Gasteiger partial charge >= 0.3 is 0 Å². The van der Waals surface area contributed by atoms with Gasteiger partial charge in [-0.3, -0.25) is 4.79 Å². The average molecular weight is 475 g/mol. The van der Waals surface area contributed by atoms with Crippen molar-refractivity contribution in [3.63, 3.8) is 0 Å². The van der Waals surface area contributed by atoms with Crippen LogP contribution in [0, 0.1) is 0 Å². The topological polar surface area (TPSA) is 128 Å². The Kier molecular flexibility index (Phi) is 5.54. The summed E-state index contributed by atoms with van der Waals surface area (Å²) in [5.41, 5.74) is 2.98. The molecule has 11 heteroatoms. The summed E-state index contributed by atoms with van der Waals surface area (Å²) in [4.78, 5) is 22.2. The summed E-state index contributed by atoms with van der Waals surface area (Å²) in [6.07, 6.45) is 7.35. The van der Waals surface area contributed by atoms with Crippen molar-refractivity contribution in [2.45, 2.75) is 76.6 Å². The van der Waals surface area contributed by atoms with Gasteiger partial charge in [0.15, 0.2) is 5.65 Å². The standard InChI is InChI=1S/C22H30N6O4S/c1-3-19(29)25-15-9-22(10-15)11-18(27-32-22)16-12-23-21-17(13-24-28(21)4-2)20(16)26-14-5-7-33(30,31)8-6-14/h12-15H,3-11H2,1-2H3,(H,23,26)(H,25,29).